The maximum absolute atomic E-state index is 10.7. The first-order chi connectivity index (χ1) is 6.06. The zero-order valence-corrected chi connectivity index (χ0v) is 7.86. The van der Waals surface area contributed by atoms with Gasteiger partial charge in [-0.2, -0.15) is 0 Å². The fourth-order valence-electron chi connectivity index (χ4n) is 1.39. The zero-order valence-electron chi connectivity index (χ0n) is 7.86. The molecule has 0 spiro atoms. The minimum absolute atomic E-state index is 0.354. The predicted molar refractivity (Wildman–Crippen MR) is 49.0 cm³/mol. The highest BCUT2D eigenvalue weighted by Crippen LogP contribution is 2.28. The van der Waals surface area contributed by atoms with Crippen LogP contribution in [-0.4, -0.2) is 23.8 Å². The van der Waals surface area contributed by atoms with Gasteiger partial charge in [-0.25, -0.2) is 4.79 Å². The summed E-state index contributed by atoms with van der Waals surface area (Å²) in [5.41, 5.74) is -0.965. The molecule has 0 fully saturated rings. The Labute approximate surface area is 77.7 Å². The van der Waals surface area contributed by atoms with Crippen LogP contribution in [0.2, 0.25) is 0 Å². The van der Waals surface area contributed by atoms with Gasteiger partial charge >= 0.3 is 5.97 Å². The highest BCUT2D eigenvalue weighted by molar-refractivity contribution is 5.82. The smallest absolute Gasteiger partial charge is 0.330 e. The summed E-state index contributed by atoms with van der Waals surface area (Å²) in [5, 5.41) is 9.82. The topological polar surface area (TPSA) is 46.5 Å². The number of carbonyl (C=O) groups excluding carboxylic acids is 1. The number of rotatable bonds is 2. The van der Waals surface area contributed by atoms with Gasteiger partial charge in [0.05, 0.1) is 7.11 Å². The maximum Gasteiger partial charge on any atom is 0.330 e. The molecule has 0 aromatic heterocycles. The molecule has 0 aromatic carbocycles. The Morgan fingerprint density at radius 3 is 2.92 bits per heavy atom. The number of aliphatic hydroxyl groups is 1. The fourth-order valence-corrected chi connectivity index (χ4v) is 1.39. The highest BCUT2D eigenvalue weighted by Gasteiger charge is 2.27. The first kappa shape index (κ1) is 9.99. The molecule has 13 heavy (non-hydrogen) atoms. The van der Waals surface area contributed by atoms with Gasteiger partial charge in [-0.1, -0.05) is 19.1 Å². The number of esters is 1. The molecule has 0 aromatic rings. The number of ether oxygens (including phenoxy) is 1. The number of carbonyl (C=O) groups is 1. The molecule has 3 nitrogen and oxygen atoms in total. The highest BCUT2D eigenvalue weighted by atomic mass is 16.5. The van der Waals surface area contributed by atoms with E-state index in [1.807, 2.05) is 13.0 Å². The molecule has 0 amide bonds. The lowest BCUT2D eigenvalue weighted by Crippen LogP contribution is -2.21. The van der Waals surface area contributed by atoms with Crippen LogP contribution in [0, 0.1) is 5.92 Å². The Bertz CT molecular complexity index is 255. The van der Waals surface area contributed by atoms with E-state index in [1.165, 1.54) is 19.3 Å². The van der Waals surface area contributed by atoms with Crippen LogP contribution in [0.3, 0.4) is 0 Å². The SMILES string of the molecule is COC(=O)/C=C/C1(O)C=CC(C)C1. The second-order valence-corrected chi connectivity index (χ2v) is 3.39. The van der Waals surface area contributed by atoms with Gasteiger partial charge in [0.1, 0.15) is 5.60 Å². The van der Waals surface area contributed by atoms with Crippen LogP contribution in [0.4, 0.5) is 0 Å². The van der Waals surface area contributed by atoms with Gasteiger partial charge in [0.15, 0.2) is 0 Å². The van der Waals surface area contributed by atoms with E-state index < -0.39 is 11.6 Å². The second kappa shape index (κ2) is 3.75. The van der Waals surface area contributed by atoms with Crippen molar-refractivity contribution in [1.82, 2.24) is 0 Å². The summed E-state index contributed by atoms with van der Waals surface area (Å²) in [5.74, 6) is -0.0892. The van der Waals surface area contributed by atoms with E-state index in [-0.39, 0.29) is 0 Å². The molecule has 72 valence electrons. The molecule has 3 heteroatoms. The molecule has 1 aliphatic rings. The lowest BCUT2D eigenvalue weighted by atomic mass is 9.99. The normalized spacial score (nSPS) is 32.7. The van der Waals surface area contributed by atoms with Crippen molar-refractivity contribution < 1.29 is 14.6 Å². The molecule has 0 saturated heterocycles. The van der Waals surface area contributed by atoms with Gasteiger partial charge in [0.2, 0.25) is 0 Å². The summed E-state index contributed by atoms with van der Waals surface area (Å²) >= 11 is 0. The molecular weight excluding hydrogens is 168 g/mol. The average Bonchev–Trinajstić information content (AvgIpc) is 2.43. The minimum Gasteiger partial charge on any atom is -0.466 e. The Hall–Kier alpha value is -1.09. The summed E-state index contributed by atoms with van der Waals surface area (Å²) < 4.78 is 4.42. The predicted octanol–water partition coefficient (Wildman–Crippen LogP) is 1.04. The third-order valence-corrected chi connectivity index (χ3v) is 2.07. The number of hydrogen-bond donors (Lipinski definition) is 1. The summed E-state index contributed by atoms with van der Waals surface area (Å²) in [7, 11) is 1.31. The summed E-state index contributed by atoms with van der Waals surface area (Å²) in [6, 6.07) is 0. The molecule has 0 aliphatic heterocycles. The molecule has 0 radical (unpaired) electrons. The Morgan fingerprint density at radius 1 is 1.77 bits per heavy atom. The van der Waals surface area contributed by atoms with E-state index in [0.717, 1.165) is 0 Å². The van der Waals surface area contributed by atoms with Crippen LogP contribution in [-0.2, 0) is 9.53 Å². The molecule has 0 saturated carbocycles. The van der Waals surface area contributed by atoms with E-state index in [0.29, 0.717) is 12.3 Å². The van der Waals surface area contributed by atoms with Crippen molar-refractivity contribution in [3.05, 3.63) is 24.3 Å². The van der Waals surface area contributed by atoms with Crippen molar-refractivity contribution in [2.24, 2.45) is 5.92 Å². The standard InChI is InChI=1S/C10H14O3/c1-8-3-5-10(12,7-8)6-4-9(11)13-2/h3-6,8,12H,7H2,1-2H3/b6-4+. The van der Waals surface area contributed by atoms with E-state index in [9.17, 15) is 9.90 Å². The molecule has 1 N–H and O–H groups in total. The Balaban J connectivity index is 2.59. The van der Waals surface area contributed by atoms with Crippen molar-refractivity contribution in [3.63, 3.8) is 0 Å². The fraction of sp³-hybridized carbons (Fsp3) is 0.500. The molecule has 2 atom stereocenters. The van der Waals surface area contributed by atoms with Crippen LogP contribution in [0.15, 0.2) is 24.3 Å². The van der Waals surface area contributed by atoms with Crippen LogP contribution < -0.4 is 0 Å². The van der Waals surface area contributed by atoms with Crippen LogP contribution >= 0.6 is 0 Å². The second-order valence-electron chi connectivity index (χ2n) is 3.39. The zero-order chi connectivity index (χ0) is 9.90. The van der Waals surface area contributed by atoms with E-state index in [2.05, 4.69) is 4.74 Å². The third kappa shape index (κ3) is 2.70. The summed E-state index contributed by atoms with van der Waals surface area (Å²) in [6.07, 6.45) is 6.99. The largest absolute Gasteiger partial charge is 0.466 e. The Kier molecular flexibility index (Phi) is 2.88. The van der Waals surface area contributed by atoms with E-state index >= 15 is 0 Å². The molecule has 1 aliphatic carbocycles. The summed E-state index contributed by atoms with van der Waals surface area (Å²) in [6.45, 7) is 2.01. The third-order valence-electron chi connectivity index (χ3n) is 2.07. The average molecular weight is 182 g/mol. The molecular formula is C10H14O3. The van der Waals surface area contributed by atoms with Crippen LogP contribution in [0.25, 0.3) is 0 Å². The number of methoxy groups -OCH3 is 1. The van der Waals surface area contributed by atoms with Crippen LogP contribution in [0.1, 0.15) is 13.3 Å². The Morgan fingerprint density at radius 2 is 2.46 bits per heavy atom. The monoisotopic (exact) mass is 182 g/mol. The minimum atomic E-state index is -0.965. The number of hydrogen-bond acceptors (Lipinski definition) is 3. The van der Waals surface area contributed by atoms with Gasteiger partial charge < -0.3 is 9.84 Å². The van der Waals surface area contributed by atoms with Gasteiger partial charge in [0.25, 0.3) is 0 Å². The van der Waals surface area contributed by atoms with E-state index in [4.69, 9.17) is 0 Å². The maximum atomic E-state index is 10.7. The van der Waals surface area contributed by atoms with Crippen molar-refractivity contribution in [3.8, 4) is 0 Å². The summed E-state index contributed by atoms with van der Waals surface area (Å²) in [4.78, 5) is 10.7. The van der Waals surface area contributed by atoms with Gasteiger partial charge in [-0.05, 0) is 18.4 Å². The lowest BCUT2D eigenvalue weighted by Gasteiger charge is -2.15. The quantitative estimate of drug-likeness (QED) is 0.394. The number of allylic oxidation sites excluding steroid dienone is 1. The van der Waals surface area contributed by atoms with Gasteiger partial charge in [0, 0.05) is 6.08 Å². The molecule has 0 heterocycles. The van der Waals surface area contributed by atoms with Crippen molar-refractivity contribution in [1.29, 1.82) is 0 Å². The lowest BCUT2D eigenvalue weighted by molar-refractivity contribution is -0.134. The van der Waals surface area contributed by atoms with E-state index in [1.54, 1.807) is 6.08 Å². The van der Waals surface area contributed by atoms with Crippen molar-refractivity contribution in [2.75, 3.05) is 7.11 Å². The van der Waals surface area contributed by atoms with Crippen molar-refractivity contribution in [2.45, 2.75) is 18.9 Å². The van der Waals surface area contributed by atoms with Gasteiger partial charge in [-0.15, -0.1) is 0 Å². The molecule has 2 unspecified atom stereocenters. The molecule has 0 bridgehead atoms. The van der Waals surface area contributed by atoms with Crippen molar-refractivity contribution >= 4 is 5.97 Å². The van der Waals surface area contributed by atoms with Gasteiger partial charge in [-0.3, -0.25) is 0 Å². The van der Waals surface area contributed by atoms with Crippen LogP contribution in [0.5, 0.6) is 0 Å². The first-order valence-corrected chi connectivity index (χ1v) is 4.25. The molecule has 1 rings (SSSR count). The first-order valence-electron chi connectivity index (χ1n) is 4.25.